The smallest absolute Gasteiger partial charge is 0.300 e. The van der Waals surface area contributed by atoms with Crippen molar-refractivity contribution in [2.24, 2.45) is 0 Å². The third-order valence-electron chi connectivity index (χ3n) is 7.53. The van der Waals surface area contributed by atoms with Crippen LogP contribution in [0.25, 0.3) is 5.76 Å². The van der Waals surface area contributed by atoms with E-state index in [1.807, 2.05) is 75.4 Å². The molecule has 2 saturated heterocycles. The zero-order chi connectivity index (χ0) is 27.0. The van der Waals surface area contributed by atoms with Gasteiger partial charge in [-0.2, -0.15) is 0 Å². The summed E-state index contributed by atoms with van der Waals surface area (Å²) >= 11 is 0. The number of anilines is 2. The summed E-state index contributed by atoms with van der Waals surface area (Å²) in [6.07, 6.45) is 2.35. The Morgan fingerprint density at radius 2 is 1.63 bits per heavy atom. The van der Waals surface area contributed by atoms with Gasteiger partial charge in [-0.15, -0.1) is 0 Å². The Morgan fingerprint density at radius 3 is 2.26 bits per heavy atom. The second-order valence-electron chi connectivity index (χ2n) is 10.4. The molecule has 3 aromatic rings. The van der Waals surface area contributed by atoms with Gasteiger partial charge in [0.15, 0.2) is 0 Å². The fourth-order valence-electron chi connectivity index (χ4n) is 5.54. The number of methoxy groups -OCH3 is 1. The molecule has 0 bridgehead atoms. The van der Waals surface area contributed by atoms with Crippen molar-refractivity contribution in [3.8, 4) is 5.75 Å². The number of aliphatic hydroxyl groups excluding tert-OH is 1. The Bertz CT molecular complexity index is 1400. The minimum Gasteiger partial charge on any atom is -0.507 e. The Kier molecular flexibility index (Phi) is 6.98. The molecule has 0 spiro atoms. The van der Waals surface area contributed by atoms with Crippen LogP contribution in [0.15, 0.2) is 72.3 Å². The average molecular weight is 511 g/mol. The summed E-state index contributed by atoms with van der Waals surface area (Å²) in [7, 11) is 1.61. The van der Waals surface area contributed by atoms with Crippen LogP contribution >= 0.6 is 0 Å². The summed E-state index contributed by atoms with van der Waals surface area (Å²) in [5, 5.41) is 11.6. The summed E-state index contributed by atoms with van der Waals surface area (Å²) in [4.78, 5) is 30.9. The first-order chi connectivity index (χ1) is 18.3. The highest BCUT2D eigenvalue weighted by molar-refractivity contribution is 6.51. The van der Waals surface area contributed by atoms with Gasteiger partial charge in [-0.05, 0) is 79.3 Å². The molecule has 2 fully saturated rings. The lowest BCUT2D eigenvalue weighted by Crippen LogP contribution is -2.29. The van der Waals surface area contributed by atoms with Crippen molar-refractivity contribution >= 4 is 28.8 Å². The quantitative estimate of drug-likeness (QED) is 0.238. The van der Waals surface area contributed by atoms with Crippen LogP contribution in [0.2, 0.25) is 0 Å². The van der Waals surface area contributed by atoms with E-state index in [1.165, 1.54) is 17.7 Å². The lowest BCUT2D eigenvalue weighted by molar-refractivity contribution is -0.132. The number of amides is 1. The molecule has 2 aliphatic rings. The van der Waals surface area contributed by atoms with Gasteiger partial charge in [0, 0.05) is 30.0 Å². The monoisotopic (exact) mass is 510 g/mol. The predicted molar refractivity (Wildman–Crippen MR) is 151 cm³/mol. The molecule has 1 N–H and O–H groups in total. The summed E-state index contributed by atoms with van der Waals surface area (Å²) in [5.41, 5.74) is 4.98. The molecule has 6 heteroatoms. The minimum absolute atomic E-state index is 0.0871. The number of ketones is 1. The highest BCUT2D eigenvalue weighted by atomic mass is 16.5. The maximum atomic E-state index is 13.5. The number of aliphatic hydroxyl groups is 1. The van der Waals surface area contributed by atoms with Crippen molar-refractivity contribution in [2.75, 3.05) is 30.0 Å². The van der Waals surface area contributed by atoms with Gasteiger partial charge >= 0.3 is 0 Å². The first kappa shape index (κ1) is 25.6. The minimum atomic E-state index is -0.753. The molecule has 1 atom stereocenters. The number of carbonyl (C=O) groups is 2. The molecule has 3 aromatic carbocycles. The zero-order valence-electron chi connectivity index (χ0n) is 22.4. The van der Waals surface area contributed by atoms with Gasteiger partial charge in [0.2, 0.25) is 0 Å². The van der Waals surface area contributed by atoms with E-state index in [0.29, 0.717) is 17.0 Å². The van der Waals surface area contributed by atoms with Crippen molar-refractivity contribution < 1.29 is 19.4 Å². The van der Waals surface area contributed by atoms with Crippen LogP contribution in [0.3, 0.4) is 0 Å². The van der Waals surface area contributed by atoms with Crippen LogP contribution in [-0.2, 0) is 9.59 Å². The SMILES string of the molecule is COc1ccc(/C(O)=C2/C(=O)C(=O)N(c3ccc(N4CCCC4)cc3)C2c2cccc(C)c2)cc1C(C)C. The number of hydrogen-bond donors (Lipinski definition) is 1. The van der Waals surface area contributed by atoms with Gasteiger partial charge < -0.3 is 14.7 Å². The van der Waals surface area contributed by atoms with Crippen molar-refractivity contribution in [2.45, 2.75) is 45.6 Å². The highest BCUT2D eigenvalue weighted by Gasteiger charge is 2.47. The molecule has 0 aromatic heterocycles. The van der Waals surface area contributed by atoms with E-state index in [4.69, 9.17) is 4.74 Å². The van der Waals surface area contributed by atoms with Gasteiger partial charge in [-0.3, -0.25) is 14.5 Å². The van der Waals surface area contributed by atoms with Crippen LogP contribution in [-0.4, -0.2) is 37.0 Å². The van der Waals surface area contributed by atoms with Crippen LogP contribution in [0.1, 0.15) is 60.9 Å². The largest absolute Gasteiger partial charge is 0.507 e. The lowest BCUT2D eigenvalue weighted by Gasteiger charge is -2.26. The zero-order valence-corrected chi connectivity index (χ0v) is 22.4. The third kappa shape index (κ3) is 4.55. The van der Waals surface area contributed by atoms with Gasteiger partial charge in [0.25, 0.3) is 11.7 Å². The molecule has 38 heavy (non-hydrogen) atoms. The Labute approximate surface area is 224 Å². The average Bonchev–Trinajstić information content (AvgIpc) is 3.55. The van der Waals surface area contributed by atoms with E-state index in [0.717, 1.165) is 35.5 Å². The molecule has 0 saturated carbocycles. The highest BCUT2D eigenvalue weighted by Crippen LogP contribution is 2.43. The number of benzene rings is 3. The van der Waals surface area contributed by atoms with Gasteiger partial charge in [0.05, 0.1) is 18.7 Å². The topological polar surface area (TPSA) is 70.1 Å². The maximum Gasteiger partial charge on any atom is 0.300 e. The van der Waals surface area contributed by atoms with E-state index in [1.54, 1.807) is 19.2 Å². The predicted octanol–water partition coefficient (Wildman–Crippen LogP) is 6.35. The first-order valence-corrected chi connectivity index (χ1v) is 13.2. The number of hydrogen-bond acceptors (Lipinski definition) is 5. The van der Waals surface area contributed by atoms with Gasteiger partial charge in [-0.1, -0.05) is 43.7 Å². The van der Waals surface area contributed by atoms with E-state index < -0.39 is 17.7 Å². The summed E-state index contributed by atoms with van der Waals surface area (Å²) < 4.78 is 5.50. The molecule has 5 rings (SSSR count). The van der Waals surface area contributed by atoms with E-state index in [9.17, 15) is 14.7 Å². The van der Waals surface area contributed by atoms with Crippen LogP contribution < -0.4 is 14.5 Å². The van der Waals surface area contributed by atoms with E-state index in [-0.39, 0.29) is 17.3 Å². The van der Waals surface area contributed by atoms with E-state index in [2.05, 4.69) is 4.90 Å². The van der Waals surface area contributed by atoms with Crippen LogP contribution in [0.4, 0.5) is 11.4 Å². The van der Waals surface area contributed by atoms with Crippen molar-refractivity contribution in [1.29, 1.82) is 0 Å². The molecular formula is C32H34N2O4. The van der Waals surface area contributed by atoms with Crippen molar-refractivity contribution in [3.05, 3.63) is 94.6 Å². The number of rotatable bonds is 6. The number of aryl methyl sites for hydroxylation is 1. The normalized spacial score (nSPS) is 19.0. The second-order valence-corrected chi connectivity index (χ2v) is 10.4. The standard InChI is InChI=1S/C32H34N2O4/c1-20(2)26-19-23(10-15-27(26)38-4)30(35)28-29(22-9-7-8-21(3)18-22)34(32(37)31(28)36)25-13-11-24(12-14-25)33-16-5-6-17-33/h7-15,18-20,29,35H,5-6,16-17H2,1-4H3/b30-28-. The molecule has 2 aliphatic heterocycles. The van der Waals surface area contributed by atoms with Gasteiger partial charge in [0.1, 0.15) is 11.5 Å². The molecule has 1 unspecified atom stereocenters. The van der Waals surface area contributed by atoms with Crippen molar-refractivity contribution in [1.82, 2.24) is 0 Å². The van der Waals surface area contributed by atoms with Crippen molar-refractivity contribution in [3.63, 3.8) is 0 Å². The summed E-state index contributed by atoms with van der Waals surface area (Å²) in [6, 6.07) is 20.1. The summed E-state index contributed by atoms with van der Waals surface area (Å²) in [6.45, 7) is 8.10. The first-order valence-electron chi connectivity index (χ1n) is 13.2. The fraction of sp³-hybridized carbons (Fsp3) is 0.312. The van der Waals surface area contributed by atoms with Gasteiger partial charge in [-0.25, -0.2) is 0 Å². The molecule has 1 amide bonds. The number of Topliss-reactive ketones (excluding diaryl/α,β-unsaturated/α-hetero) is 1. The van der Waals surface area contributed by atoms with Crippen LogP contribution in [0.5, 0.6) is 5.75 Å². The molecule has 196 valence electrons. The second kappa shape index (κ2) is 10.4. The summed E-state index contributed by atoms with van der Waals surface area (Å²) in [5.74, 6) is -0.674. The number of carbonyl (C=O) groups excluding carboxylic acids is 2. The number of nitrogens with zero attached hydrogens (tertiary/aromatic N) is 2. The fourth-order valence-corrected chi connectivity index (χ4v) is 5.54. The Balaban J connectivity index is 1.64. The van der Waals surface area contributed by atoms with Crippen LogP contribution in [0, 0.1) is 6.92 Å². The molecule has 0 aliphatic carbocycles. The molecular weight excluding hydrogens is 476 g/mol. The maximum absolute atomic E-state index is 13.5. The van der Waals surface area contributed by atoms with E-state index >= 15 is 0 Å². The molecule has 2 heterocycles. The Morgan fingerprint density at radius 1 is 0.947 bits per heavy atom. The third-order valence-corrected chi connectivity index (χ3v) is 7.53. The molecule has 0 radical (unpaired) electrons. The Hall–Kier alpha value is -4.06. The molecule has 6 nitrogen and oxygen atoms in total. The lowest BCUT2D eigenvalue weighted by atomic mass is 9.92. The number of ether oxygens (including phenoxy) is 1.